The smallest absolute Gasteiger partial charge is 0.0688 e. The summed E-state index contributed by atoms with van der Waals surface area (Å²) in [5.41, 5.74) is 4.37. The number of benzene rings is 1. The fraction of sp³-hybridized carbons (Fsp3) is 0.429. The molecule has 1 aromatic carbocycles. The summed E-state index contributed by atoms with van der Waals surface area (Å²) in [6.45, 7) is 2.83. The highest BCUT2D eigenvalue weighted by Gasteiger charge is 2.12. The van der Waals surface area contributed by atoms with Crippen LogP contribution in [0.5, 0.6) is 0 Å². The number of hydrogen-bond donors (Lipinski definition) is 1. The first kappa shape index (κ1) is 14.2. The summed E-state index contributed by atoms with van der Waals surface area (Å²) in [6.07, 6.45) is 2.22. The van der Waals surface area contributed by atoms with Gasteiger partial charge in [0.2, 0.25) is 0 Å². The van der Waals surface area contributed by atoms with Crippen molar-refractivity contribution < 1.29 is 4.74 Å². The molecule has 0 unspecified atom stereocenters. The van der Waals surface area contributed by atoms with Gasteiger partial charge in [0.05, 0.1) is 6.61 Å². The van der Waals surface area contributed by atoms with E-state index in [-0.39, 0.29) is 12.4 Å². The maximum absolute atomic E-state index is 5.25. The van der Waals surface area contributed by atoms with Gasteiger partial charge in [0.15, 0.2) is 0 Å². The minimum Gasteiger partial charge on any atom is -0.380 e. The Hall–Kier alpha value is -0.830. The lowest BCUT2D eigenvalue weighted by Gasteiger charge is -2.21. The second kappa shape index (κ2) is 7.49. The standard InChI is InChI=1S/C14H19NO.ClH/c1-16-11-14-10-15-8-7-13(14)9-12-5-3-2-4-6-12;/h2-6,15H,7-11H2,1H3;1H. The fourth-order valence-corrected chi connectivity index (χ4v) is 2.16. The van der Waals surface area contributed by atoms with Gasteiger partial charge < -0.3 is 10.1 Å². The molecular formula is C14H20ClNO. The van der Waals surface area contributed by atoms with E-state index in [2.05, 4.69) is 35.6 Å². The van der Waals surface area contributed by atoms with Crippen LogP contribution in [-0.2, 0) is 11.2 Å². The lowest BCUT2D eigenvalue weighted by Crippen LogP contribution is -2.27. The molecule has 94 valence electrons. The number of methoxy groups -OCH3 is 1. The van der Waals surface area contributed by atoms with Gasteiger partial charge in [-0.25, -0.2) is 0 Å². The van der Waals surface area contributed by atoms with Gasteiger partial charge in [0, 0.05) is 13.7 Å². The normalized spacial score (nSPS) is 15.6. The Labute approximate surface area is 109 Å². The number of hydrogen-bond acceptors (Lipinski definition) is 2. The van der Waals surface area contributed by atoms with Crippen LogP contribution in [0.25, 0.3) is 0 Å². The Bertz CT molecular complexity index is 362. The molecule has 1 aliphatic heterocycles. The van der Waals surface area contributed by atoms with Crippen molar-refractivity contribution in [3.63, 3.8) is 0 Å². The van der Waals surface area contributed by atoms with E-state index in [1.807, 2.05) is 0 Å². The van der Waals surface area contributed by atoms with Gasteiger partial charge in [0.25, 0.3) is 0 Å². The van der Waals surface area contributed by atoms with Gasteiger partial charge in [-0.2, -0.15) is 0 Å². The quantitative estimate of drug-likeness (QED) is 0.833. The second-order valence-corrected chi connectivity index (χ2v) is 4.23. The van der Waals surface area contributed by atoms with Gasteiger partial charge in [-0.15, -0.1) is 12.4 Å². The van der Waals surface area contributed by atoms with Crippen molar-refractivity contribution in [3.8, 4) is 0 Å². The Morgan fingerprint density at radius 2 is 1.94 bits per heavy atom. The Morgan fingerprint density at radius 1 is 1.18 bits per heavy atom. The molecule has 0 saturated carbocycles. The highest BCUT2D eigenvalue weighted by atomic mass is 35.5. The topological polar surface area (TPSA) is 21.3 Å². The number of nitrogens with one attached hydrogen (secondary N) is 1. The highest BCUT2D eigenvalue weighted by Crippen LogP contribution is 2.18. The van der Waals surface area contributed by atoms with Gasteiger partial charge in [-0.1, -0.05) is 35.9 Å². The number of rotatable bonds is 4. The fourth-order valence-electron chi connectivity index (χ4n) is 2.16. The van der Waals surface area contributed by atoms with Crippen molar-refractivity contribution in [1.82, 2.24) is 5.32 Å². The molecule has 0 aliphatic carbocycles. The zero-order valence-electron chi connectivity index (χ0n) is 10.2. The molecule has 0 bridgehead atoms. The molecule has 0 saturated heterocycles. The summed E-state index contributed by atoms with van der Waals surface area (Å²) >= 11 is 0. The second-order valence-electron chi connectivity index (χ2n) is 4.23. The largest absolute Gasteiger partial charge is 0.380 e. The predicted molar refractivity (Wildman–Crippen MR) is 73.8 cm³/mol. The molecule has 0 atom stereocenters. The first-order valence-electron chi connectivity index (χ1n) is 5.83. The van der Waals surface area contributed by atoms with E-state index >= 15 is 0 Å². The molecule has 0 fully saturated rings. The van der Waals surface area contributed by atoms with Gasteiger partial charge in [-0.05, 0) is 30.5 Å². The van der Waals surface area contributed by atoms with Crippen molar-refractivity contribution >= 4 is 12.4 Å². The maximum Gasteiger partial charge on any atom is 0.0688 e. The third-order valence-electron chi connectivity index (χ3n) is 3.02. The monoisotopic (exact) mass is 253 g/mol. The minimum absolute atomic E-state index is 0. The van der Waals surface area contributed by atoms with Crippen molar-refractivity contribution in [3.05, 3.63) is 47.0 Å². The maximum atomic E-state index is 5.25. The summed E-state index contributed by atoms with van der Waals surface area (Å²) in [6, 6.07) is 10.7. The first-order valence-corrected chi connectivity index (χ1v) is 5.83. The molecule has 0 amide bonds. The van der Waals surface area contributed by atoms with E-state index in [0.717, 1.165) is 32.5 Å². The number of halogens is 1. The molecule has 1 aromatic rings. The SMILES string of the molecule is COCC1=C(Cc2ccccc2)CCNC1.Cl. The van der Waals surface area contributed by atoms with E-state index in [4.69, 9.17) is 4.74 Å². The third kappa shape index (κ3) is 4.15. The van der Waals surface area contributed by atoms with Crippen LogP contribution in [0.2, 0.25) is 0 Å². The van der Waals surface area contributed by atoms with Crippen LogP contribution in [0, 0.1) is 0 Å². The first-order chi connectivity index (χ1) is 7.90. The van der Waals surface area contributed by atoms with Crippen molar-refractivity contribution in [1.29, 1.82) is 0 Å². The molecule has 1 heterocycles. The molecule has 1 aliphatic rings. The molecule has 0 aromatic heterocycles. The van der Waals surface area contributed by atoms with Crippen LogP contribution in [0.3, 0.4) is 0 Å². The van der Waals surface area contributed by atoms with Crippen LogP contribution in [0.4, 0.5) is 0 Å². The summed E-state index contributed by atoms with van der Waals surface area (Å²) in [7, 11) is 1.77. The van der Waals surface area contributed by atoms with Crippen molar-refractivity contribution in [2.24, 2.45) is 0 Å². The molecule has 0 radical (unpaired) electrons. The predicted octanol–water partition coefficient (Wildman–Crippen LogP) is 2.59. The van der Waals surface area contributed by atoms with E-state index in [1.165, 1.54) is 11.1 Å². The van der Waals surface area contributed by atoms with Gasteiger partial charge >= 0.3 is 0 Å². The summed E-state index contributed by atoms with van der Waals surface area (Å²) < 4.78 is 5.25. The molecular weight excluding hydrogens is 234 g/mol. The van der Waals surface area contributed by atoms with E-state index in [0.29, 0.717) is 0 Å². The molecule has 3 heteroatoms. The zero-order valence-corrected chi connectivity index (χ0v) is 11.1. The van der Waals surface area contributed by atoms with Crippen LogP contribution in [0.1, 0.15) is 12.0 Å². The summed E-state index contributed by atoms with van der Waals surface area (Å²) in [5.74, 6) is 0. The number of ether oxygens (including phenoxy) is 1. The Balaban J connectivity index is 0.00000144. The third-order valence-corrected chi connectivity index (χ3v) is 3.02. The zero-order chi connectivity index (χ0) is 11.2. The molecule has 0 spiro atoms. The average Bonchev–Trinajstić information content (AvgIpc) is 2.33. The van der Waals surface area contributed by atoms with Crippen LogP contribution in [-0.4, -0.2) is 26.8 Å². The van der Waals surface area contributed by atoms with Crippen LogP contribution >= 0.6 is 12.4 Å². The summed E-state index contributed by atoms with van der Waals surface area (Å²) in [5, 5.41) is 3.40. The minimum atomic E-state index is 0. The molecule has 1 N–H and O–H groups in total. The summed E-state index contributed by atoms with van der Waals surface area (Å²) in [4.78, 5) is 0. The Morgan fingerprint density at radius 3 is 2.65 bits per heavy atom. The molecule has 2 nitrogen and oxygen atoms in total. The van der Waals surface area contributed by atoms with Crippen LogP contribution < -0.4 is 5.32 Å². The lowest BCUT2D eigenvalue weighted by atomic mass is 9.95. The highest BCUT2D eigenvalue weighted by molar-refractivity contribution is 5.85. The molecule has 2 rings (SSSR count). The Kier molecular flexibility index (Phi) is 6.27. The van der Waals surface area contributed by atoms with Crippen LogP contribution in [0.15, 0.2) is 41.5 Å². The average molecular weight is 254 g/mol. The molecule has 17 heavy (non-hydrogen) atoms. The van der Waals surface area contributed by atoms with E-state index in [1.54, 1.807) is 12.7 Å². The van der Waals surface area contributed by atoms with Gasteiger partial charge in [0.1, 0.15) is 0 Å². The van der Waals surface area contributed by atoms with Gasteiger partial charge in [-0.3, -0.25) is 0 Å². The van der Waals surface area contributed by atoms with Crippen molar-refractivity contribution in [2.75, 3.05) is 26.8 Å². The lowest BCUT2D eigenvalue weighted by molar-refractivity contribution is 0.221. The van der Waals surface area contributed by atoms with Crippen molar-refractivity contribution in [2.45, 2.75) is 12.8 Å². The van der Waals surface area contributed by atoms with E-state index in [9.17, 15) is 0 Å². The van der Waals surface area contributed by atoms with E-state index < -0.39 is 0 Å².